The van der Waals surface area contributed by atoms with Gasteiger partial charge in [-0.2, -0.15) is 0 Å². The van der Waals surface area contributed by atoms with Gasteiger partial charge in [0, 0.05) is 11.4 Å². The quantitative estimate of drug-likeness (QED) is 0.743. The van der Waals surface area contributed by atoms with E-state index in [1.54, 1.807) is 0 Å². The predicted octanol–water partition coefficient (Wildman–Crippen LogP) is 3.93. The van der Waals surface area contributed by atoms with Crippen molar-refractivity contribution in [3.05, 3.63) is 42.1 Å². The summed E-state index contributed by atoms with van der Waals surface area (Å²) in [5.41, 5.74) is 3.62. The molecule has 0 radical (unpaired) electrons. The van der Waals surface area contributed by atoms with Crippen molar-refractivity contribution in [3.63, 3.8) is 0 Å². The Balaban J connectivity index is 2.95. The highest BCUT2D eigenvalue weighted by Crippen LogP contribution is 2.24. The third kappa shape index (κ3) is 2.91. The molecule has 0 aliphatic heterocycles. The molecule has 0 atom stereocenters. The standard InChI is InChI=1S/C13H19N/c1-10(2)14-12-8-6-7-11(9-12)13(3,4)5/h6-9,14H,1H2,2-5H3. The number of allylic oxidation sites excluding steroid dienone is 1. The fraction of sp³-hybridized carbons (Fsp3) is 0.385. The van der Waals surface area contributed by atoms with Gasteiger partial charge in [0.2, 0.25) is 0 Å². The maximum absolute atomic E-state index is 3.83. The van der Waals surface area contributed by atoms with E-state index in [2.05, 4.69) is 56.9 Å². The van der Waals surface area contributed by atoms with E-state index >= 15 is 0 Å². The maximum atomic E-state index is 3.83. The molecule has 1 N–H and O–H groups in total. The van der Waals surface area contributed by atoms with Crippen LogP contribution in [0.1, 0.15) is 33.3 Å². The van der Waals surface area contributed by atoms with Crippen molar-refractivity contribution < 1.29 is 0 Å². The summed E-state index contributed by atoms with van der Waals surface area (Å²) in [5.74, 6) is 0. The summed E-state index contributed by atoms with van der Waals surface area (Å²) in [6, 6.07) is 8.47. The second-order valence-electron chi connectivity index (χ2n) is 4.74. The third-order valence-corrected chi connectivity index (χ3v) is 2.09. The van der Waals surface area contributed by atoms with E-state index < -0.39 is 0 Å². The predicted molar refractivity (Wildman–Crippen MR) is 63.6 cm³/mol. The first kappa shape index (κ1) is 10.8. The Morgan fingerprint density at radius 3 is 2.43 bits per heavy atom. The molecule has 0 aliphatic carbocycles. The molecule has 0 saturated heterocycles. The monoisotopic (exact) mass is 189 g/mol. The van der Waals surface area contributed by atoms with Crippen molar-refractivity contribution in [3.8, 4) is 0 Å². The van der Waals surface area contributed by atoms with Crippen LogP contribution in [0.5, 0.6) is 0 Å². The first-order valence-corrected chi connectivity index (χ1v) is 4.92. The van der Waals surface area contributed by atoms with E-state index in [9.17, 15) is 0 Å². The molecule has 1 nitrogen and oxygen atoms in total. The molecule has 1 rings (SSSR count). The van der Waals surface area contributed by atoms with E-state index in [0.717, 1.165) is 11.4 Å². The van der Waals surface area contributed by atoms with E-state index in [1.807, 2.05) is 6.92 Å². The zero-order valence-electron chi connectivity index (χ0n) is 9.52. The van der Waals surface area contributed by atoms with Crippen LogP contribution in [0.15, 0.2) is 36.5 Å². The second-order valence-corrected chi connectivity index (χ2v) is 4.74. The normalized spacial score (nSPS) is 11.1. The number of hydrogen-bond donors (Lipinski definition) is 1. The Labute approximate surface area is 86.8 Å². The summed E-state index contributed by atoms with van der Waals surface area (Å²) in [7, 11) is 0. The summed E-state index contributed by atoms with van der Waals surface area (Å²) in [6.07, 6.45) is 0. The Morgan fingerprint density at radius 1 is 1.29 bits per heavy atom. The highest BCUT2D eigenvalue weighted by molar-refractivity contribution is 5.50. The fourth-order valence-electron chi connectivity index (χ4n) is 1.31. The van der Waals surface area contributed by atoms with Crippen molar-refractivity contribution in [2.75, 3.05) is 5.32 Å². The molecule has 1 aromatic carbocycles. The SMILES string of the molecule is C=C(C)Nc1cccc(C(C)(C)C)c1. The Hall–Kier alpha value is -1.24. The number of benzene rings is 1. The van der Waals surface area contributed by atoms with Gasteiger partial charge in [-0.25, -0.2) is 0 Å². The van der Waals surface area contributed by atoms with Crippen LogP contribution in [0.25, 0.3) is 0 Å². The van der Waals surface area contributed by atoms with Gasteiger partial charge in [0.05, 0.1) is 0 Å². The Bertz CT molecular complexity index is 331. The average Bonchev–Trinajstić information content (AvgIpc) is 2.01. The van der Waals surface area contributed by atoms with Crippen molar-refractivity contribution in [2.24, 2.45) is 0 Å². The average molecular weight is 189 g/mol. The largest absolute Gasteiger partial charge is 0.360 e. The van der Waals surface area contributed by atoms with E-state index in [-0.39, 0.29) is 5.41 Å². The van der Waals surface area contributed by atoms with Gasteiger partial charge in [0.1, 0.15) is 0 Å². The molecule has 0 fully saturated rings. The maximum Gasteiger partial charge on any atom is 0.0384 e. The van der Waals surface area contributed by atoms with Gasteiger partial charge in [0.25, 0.3) is 0 Å². The molecule has 0 unspecified atom stereocenters. The van der Waals surface area contributed by atoms with Crippen LogP contribution >= 0.6 is 0 Å². The molecule has 0 bridgehead atoms. The van der Waals surface area contributed by atoms with Crippen molar-refractivity contribution >= 4 is 5.69 Å². The van der Waals surface area contributed by atoms with E-state index in [4.69, 9.17) is 0 Å². The van der Waals surface area contributed by atoms with Gasteiger partial charge in [-0.15, -0.1) is 0 Å². The van der Waals surface area contributed by atoms with Crippen LogP contribution in [-0.2, 0) is 5.41 Å². The van der Waals surface area contributed by atoms with Gasteiger partial charge in [0.15, 0.2) is 0 Å². The molecule has 1 aromatic rings. The zero-order chi connectivity index (χ0) is 10.8. The number of rotatable bonds is 2. The van der Waals surface area contributed by atoms with Crippen LogP contribution in [0.3, 0.4) is 0 Å². The van der Waals surface area contributed by atoms with E-state index in [0.29, 0.717) is 0 Å². The van der Waals surface area contributed by atoms with Gasteiger partial charge in [-0.05, 0) is 30.0 Å². The lowest BCUT2D eigenvalue weighted by atomic mass is 9.87. The minimum absolute atomic E-state index is 0.201. The summed E-state index contributed by atoms with van der Waals surface area (Å²) < 4.78 is 0. The minimum atomic E-state index is 0.201. The molecular weight excluding hydrogens is 170 g/mol. The highest BCUT2D eigenvalue weighted by atomic mass is 14.9. The molecule has 0 spiro atoms. The van der Waals surface area contributed by atoms with Crippen LogP contribution < -0.4 is 5.32 Å². The zero-order valence-corrected chi connectivity index (χ0v) is 9.52. The minimum Gasteiger partial charge on any atom is -0.360 e. The van der Waals surface area contributed by atoms with Crippen LogP contribution in [0.2, 0.25) is 0 Å². The van der Waals surface area contributed by atoms with Crippen molar-refractivity contribution in [1.82, 2.24) is 0 Å². The van der Waals surface area contributed by atoms with Crippen LogP contribution in [-0.4, -0.2) is 0 Å². The van der Waals surface area contributed by atoms with Crippen LogP contribution in [0.4, 0.5) is 5.69 Å². The summed E-state index contributed by atoms with van der Waals surface area (Å²) in [5, 5.41) is 3.22. The number of hydrogen-bond acceptors (Lipinski definition) is 1. The summed E-state index contributed by atoms with van der Waals surface area (Å²) in [4.78, 5) is 0. The lowest BCUT2D eigenvalue weighted by molar-refractivity contribution is 0.590. The molecule has 14 heavy (non-hydrogen) atoms. The highest BCUT2D eigenvalue weighted by Gasteiger charge is 2.13. The van der Waals surface area contributed by atoms with Gasteiger partial charge < -0.3 is 5.32 Å². The van der Waals surface area contributed by atoms with Gasteiger partial charge in [-0.3, -0.25) is 0 Å². The fourth-order valence-corrected chi connectivity index (χ4v) is 1.31. The molecule has 1 heteroatoms. The third-order valence-electron chi connectivity index (χ3n) is 2.09. The molecule has 0 amide bonds. The lowest BCUT2D eigenvalue weighted by Gasteiger charge is -2.20. The Kier molecular flexibility index (Phi) is 3.00. The summed E-state index contributed by atoms with van der Waals surface area (Å²) >= 11 is 0. The lowest BCUT2D eigenvalue weighted by Crippen LogP contribution is -2.11. The van der Waals surface area contributed by atoms with Gasteiger partial charge in [-0.1, -0.05) is 39.5 Å². The topological polar surface area (TPSA) is 12.0 Å². The molecular formula is C13H19N. The molecule has 0 heterocycles. The van der Waals surface area contributed by atoms with Crippen LogP contribution in [0, 0.1) is 0 Å². The first-order valence-electron chi connectivity index (χ1n) is 4.92. The molecule has 0 aliphatic rings. The van der Waals surface area contributed by atoms with Gasteiger partial charge >= 0.3 is 0 Å². The van der Waals surface area contributed by atoms with Crippen molar-refractivity contribution in [1.29, 1.82) is 0 Å². The van der Waals surface area contributed by atoms with E-state index in [1.165, 1.54) is 5.56 Å². The smallest absolute Gasteiger partial charge is 0.0384 e. The second kappa shape index (κ2) is 3.87. The molecule has 76 valence electrons. The number of anilines is 1. The number of nitrogens with one attached hydrogen (secondary N) is 1. The Morgan fingerprint density at radius 2 is 1.93 bits per heavy atom. The summed E-state index contributed by atoms with van der Waals surface area (Å²) in [6.45, 7) is 12.4. The first-order chi connectivity index (χ1) is 6.39. The van der Waals surface area contributed by atoms with Crippen molar-refractivity contribution in [2.45, 2.75) is 33.1 Å². The molecule has 0 aromatic heterocycles. The molecule has 0 saturated carbocycles.